The second-order valence-electron chi connectivity index (χ2n) is 13.1. The Morgan fingerprint density at radius 1 is 0.872 bits per heavy atom. The van der Waals surface area contributed by atoms with Gasteiger partial charge in [-0.1, -0.05) is 30.3 Å². The highest BCUT2D eigenvalue weighted by molar-refractivity contribution is 7.89. The lowest BCUT2D eigenvalue weighted by Gasteiger charge is -2.41. The summed E-state index contributed by atoms with van der Waals surface area (Å²) in [5, 5.41) is 26.9. The van der Waals surface area contributed by atoms with Gasteiger partial charge in [0.05, 0.1) is 23.5 Å². The molecular weight excluding hydrogens is 633 g/mol. The summed E-state index contributed by atoms with van der Waals surface area (Å²) in [6, 6.07) is 10.2. The van der Waals surface area contributed by atoms with E-state index in [1.807, 2.05) is 12.1 Å². The Kier molecular flexibility index (Phi) is 8.55. The molecular formula is C32H38FN5O8S. The first-order chi connectivity index (χ1) is 22.5. The molecule has 4 N–H and O–H groups in total. The molecule has 0 spiro atoms. The van der Waals surface area contributed by atoms with E-state index in [0.717, 1.165) is 29.3 Å². The number of piperazine rings is 1. The number of halogens is 1. The van der Waals surface area contributed by atoms with Crippen molar-refractivity contribution in [3.05, 3.63) is 65.5 Å². The van der Waals surface area contributed by atoms with Crippen LogP contribution in [0.15, 0.2) is 53.4 Å². The van der Waals surface area contributed by atoms with Crippen LogP contribution in [0.5, 0.6) is 0 Å². The third-order valence-electron chi connectivity index (χ3n) is 10.2. The van der Waals surface area contributed by atoms with Crippen molar-refractivity contribution in [2.75, 3.05) is 32.7 Å². The Balaban J connectivity index is 1.21. The normalized spacial score (nSPS) is 32.7. The highest BCUT2D eigenvalue weighted by Gasteiger charge is 2.49. The molecule has 13 nitrogen and oxygen atoms in total. The summed E-state index contributed by atoms with van der Waals surface area (Å²) in [5.41, 5.74) is 2.39. The number of fused-ring (bicyclic) bond motifs is 7. The minimum atomic E-state index is -4.36. The van der Waals surface area contributed by atoms with Crippen LogP contribution in [0.2, 0.25) is 0 Å². The lowest BCUT2D eigenvalue weighted by atomic mass is 10.0. The van der Waals surface area contributed by atoms with Crippen LogP contribution >= 0.6 is 0 Å². The minimum Gasteiger partial charge on any atom is -0.388 e. The Hall–Kier alpha value is -3.47. The van der Waals surface area contributed by atoms with E-state index in [4.69, 9.17) is 4.74 Å². The number of nitrogens with zero attached hydrogens (tertiary/aromatic N) is 3. The number of ether oxygens (including phenoxy) is 1. The van der Waals surface area contributed by atoms with Gasteiger partial charge >= 0.3 is 0 Å². The van der Waals surface area contributed by atoms with Crippen molar-refractivity contribution in [2.45, 2.75) is 79.2 Å². The molecule has 4 heterocycles. The fourth-order valence-corrected chi connectivity index (χ4v) is 9.38. The molecule has 5 aliphatic rings. The Labute approximate surface area is 271 Å². The minimum absolute atomic E-state index is 0.00173. The molecule has 4 fully saturated rings. The first-order valence-corrected chi connectivity index (χ1v) is 17.4. The average Bonchev–Trinajstić information content (AvgIpc) is 3.75. The van der Waals surface area contributed by atoms with Gasteiger partial charge in [-0.3, -0.25) is 19.3 Å². The van der Waals surface area contributed by atoms with E-state index in [0.29, 0.717) is 13.0 Å². The summed E-state index contributed by atoms with van der Waals surface area (Å²) in [7, 11) is -4.36. The van der Waals surface area contributed by atoms with Crippen LogP contribution < -0.4 is 10.6 Å². The van der Waals surface area contributed by atoms with Gasteiger partial charge in [-0.15, -0.1) is 0 Å². The zero-order chi connectivity index (χ0) is 33.0. The summed E-state index contributed by atoms with van der Waals surface area (Å²) in [4.78, 5) is 44.5. The summed E-state index contributed by atoms with van der Waals surface area (Å²) >= 11 is 0. The smallest absolute Gasteiger partial charge is 0.244 e. The maximum atomic E-state index is 14.3. The number of carbonyl (C=O) groups is 3. The maximum absolute atomic E-state index is 14.3. The van der Waals surface area contributed by atoms with Crippen LogP contribution in [0.25, 0.3) is 0 Å². The standard InChI is InChI=1S/C32H38FN5O8S/c33-20-6-3-7-23(12-20)47(44,45)38-9-8-36-17-25(38)31(42)34-15-27-30(41)29(40)26(46-27)14-28(39)35-21-13-24(32(36)43)37(16-21)22-10-18-4-1-2-5-19(18)11-22/h1-7,12,21-22,24-27,29-30,40-41H,8-11,13-17H2,(H,34,42)(H,35,39)/t21-,24-,25-,26-,27+,29-,30+/m0/s1. The van der Waals surface area contributed by atoms with E-state index >= 15 is 0 Å². The fraction of sp³-hybridized carbons (Fsp3) is 0.531. The summed E-state index contributed by atoms with van der Waals surface area (Å²) in [6.45, 7) is -0.354. The second-order valence-corrected chi connectivity index (χ2v) is 15.0. The number of aliphatic hydroxyl groups excluding tert-OH is 2. The highest BCUT2D eigenvalue weighted by Crippen LogP contribution is 2.33. The molecule has 6 bridgehead atoms. The summed E-state index contributed by atoms with van der Waals surface area (Å²) in [5.74, 6) is -2.14. The monoisotopic (exact) mass is 671 g/mol. The zero-order valence-electron chi connectivity index (χ0n) is 25.6. The number of benzene rings is 2. The van der Waals surface area contributed by atoms with Crippen LogP contribution in [-0.4, -0.2) is 132 Å². The van der Waals surface area contributed by atoms with Gasteiger partial charge in [0.1, 0.15) is 30.2 Å². The molecule has 2 aromatic carbocycles. The van der Waals surface area contributed by atoms with Gasteiger partial charge in [0.15, 0.2) is 0 Å². The molecule has 0 unspecified atom stereocenters. The van der Waals surface area contributed by atoms with E-state index < -0.39 is 58.2 Å². The molecule has 7 atom stereocenters. The van der Waals surface area contributed by atoms with Gasteiger partial charge in [-0.2, -0.15) is 4.31 Å². The quantitative estimate of drug-likeness (QED) is 0.312. The van der Waals surface area contributed by atoms with Crippen molar-refractivity contribution in [1.29, 1.82) is 0 Å². The SMILES string of the molecule is O=C1C[C@@H]2O[C@H](CNC(=O)[C@@H]3CN(CCN3S(=O)(=O)c3cccc(F)c3)C(=O)[C@@H]3C[C@@H](CN3C3Cc4ccccc4C3)N1)[C@@H](O)[C@H]2O. The number of hydrogen-bond acceptors (Lipinski definition) is 9. The van der Waals surface area contributed by atoms with Gasteiger partial charge < -0.3 is 30.5 Å². The molecule has 2 aromatic rings. The van der Waals surface area contributed by atoms with E-state index in [1.54, 1.807) is 0 Å². The summed E-state index contributed by atoms with van der Waals surface area (Å²) in [6.07, 6.45) is -3.37. The summed E-state index contributed by atoms with van der Waals surface area (Å²) < 4.78 is 48.4. The van der Waals surface area contributed by atoms with Crippen LogP contribution in [0.1, 0.15) is 24.0 Å². The van der Waals surface area contributed by atoms with Crippen molar-refractivity contribution in [3.63, 3.8) is 0 Å². The van der Waals surface area contributed by atoms with Crippen LogP contribution in [0.3, 0.4) is 0 Å². The van der Waals surface area contributed by atoms with Crippen molar-refractivity contribution in [2.24, 2.45) is 0 Å². The zero-order valence-corrected chi connectivity index (χ0v) is 26.4. The van der Waals surface area contributed by atoms with Crippen LogP contribution in [0.4, 0.5) is 4.39 Å². The first-order valence-electron chi connectivity index (χ1n) is 16.0. The van der Waals surface area contributed by atoms with E-state index in [9.17, 15) is 37.4 Å². The number of likely N-dealkylation sites (tertiary alicyclic amines) is 1. The van der Waals surface area contributed by atoms with E-state index in [2.05, 4.69) is 27.7 Å². The molecule has 252 valence electrons. The van der Waals surface area contributed by atoms with E-state index in [-0.39, 0.29) is 61.4 Å². The molecule has 4 saturated heterocycles. The number of amides is 3. The predicted octanol–water partition coefficient (Wildman–Crippen LogP) is -1.24. The molecule has 0 aromatic heterocycles. The van der Waals surface area contributed by atoms with Gasteiger partial charge in [-0.05, 0) is 48.6 Å². The molecule has 4 aliphatic heterocycles. The van der Waals surface area contributed by atoms with Crippen molar-refractivity contribution < 1.29 is 42.1 Å². The van der Waals surface area contributed by atoms with Gasteiger partial charge in [0.2, 0.25) is 27.7 Å². The number of sulfonamides is 1. The second kappa shape index (κ2) is 12.5. The molecule has 0 radical (unpaired) electrons. The Bertz CT molecular complexity index is 1650. The topological polar surface area (TPSA) is 169 Å². The lowest BCUT2D eigenvalue weighted by Crippen LogP contribution is -2.63. The first kappa shape index (κ1) is 32.1. The third kappa shape index (κ3) is 6.04. The Morgan fingerprint density at radius 2 is 1.60 bits per heavy atom. The molecule has 1 aliphatic carbocycles. The number of aliphatic hydroxyl groups is 2. The number of hydrogen-bond donors (Lipinski definition) is 4. The van der Waals surface area contributed by atoms with Crippen molar-refractivity contribution >= 4 is 27.7 Å². The highest BCUT2D eigenvalue weighted by atomic mass is 32.2. The van der Waals surface area contributed by atoms with Crippen LogP contribution in [-0.2, 0) is 42.0 Å². The average molecular weight is 672 g/mol. The van der Waals surface area contributed by atoms with E-state index in [1.165, 1.54) is 28.2 Å². The number of carbonyl (C=O) groups excluding carboxylic acids is 3. The molecule has 15 heteroatoms. The third-order valence-corrected chi connectivity index (χ3v) is 12.1. The number of nitrogens with one attached hydrogen (secondary N) is 2. The fourth-order valence-electron chi connectivity index (χ4n) is 7.77. The maximum Gasteiger partial charge on any atom is 0.244 e. The number of rotatable bonds is 3. The van der Waals surface area contributed by atoms with Gasteiger partial charge in [0.25, 0.3) is 0 Å². The van der Waals surface area contributed by atoms with Gasteiger partial charge in [0, 0.05) is 44.8 Å². The lowest BCUT2D eigenvalue weighted by molar-refractivity contribution is -0.141. The van der Waals surface area contributed by atoms with Crippen LogP contribution in [0, 0.1) is 5.82 Å². The van der Waals surface area contributed by atoms with Crippen molar-refractivity contribution in [1.82, 2.24) is 24.7 Å². The largest absolute Gasteiger partial charge is 0.388 e. The molecule has 7 rings (SSSR count). The van der Waals surface area contributed by atoms with Gasteiger partial charge in [-0.25, -0.2) is 12.8 Å². The van der Waals surface area contributed by atoms with Crippen molar-refractivity contribution in [3.8, 4) is 0 Å². The predicted molar refractivity (Wildman–Crippen MR) is 164 cm³/mol. The molecule has 3 amide bonds. The molecule has 47 heavy (non-hydrogen) atoms. The Morgan fingerprint density at radius 3 is 2.32 bits per heavy atom. The molecule has 0 saturated carbocycles.